The summed E-state index contributed by atoms with van der Waals surface area (Å²) in [5.74, 6) is 5.02. The Morgan fingerprint density at radius 2 is 2.11 bits per heavy atom. The highest BCUT2D eigenvalue weighted by atomic mass is 35.5. The minimum Gasteiger partial charge on any atom is -0.289 e. The SMILES string of the molecule is CC(C)c1nc(-c2ccccc2Cl)sc1C(=O)NN. The fraction of sp³-hybridized carbons (Fsp3) is 0.231. The molecule has 0 aliphatic heterocycles. The molecule has 0 fully saturated rings. The number of carbonyl (C=O) groups excluding carboxylic acids is 1. The molecule has 100 valence electrons. The van der Waals surface area contributed by atoms with E-state index in [0.29, 0.717) is 9.90 Å². The van der Waals surface area contributed by atoms with Crippen LogP contribution in [0.1, 0.15) is 35.1 Å². The van der Waals surface area contributed by atoms with Gasteiger partial charge in [-0.25, -0.2) is 10.8 Å². The molecule has 2 aromatic rings. The van der Waals surface area contributed by atoms with Crippen LogP contribution < -0.4 is 11.3 Å². The second kappa shape index (κ2) is 5.69. The van der Waals surface area contributed by atoms with Gasteiger partial charge in [0.2, 0.25) is 0 Å². The van der Waals surface area contributed by atoms with Gasteiger partial charge < -0.3 is 0 Å². The first kappa shape index (κ1) is 14.0. The average Bonchev–Trinajstić information content (AvgIpc) is 2.83. The largest absolute Gasteiger partial charge is 0.289 e. The topological polar surface area (TPSA) is 68.0 Å². The summed E-state index contributed by atoms with van der Waals surface area (Å²) in [5, 5.41) is 1.35. The van der Waals surface area contributed by atoms with Crippen molar-refractivity contribution in [1.82, 2.24) is 10.4 Å². The highest BCUT2D eigenvalue weighted by molar-refractivity contribution is 7.17. The summed E-state index contributed by atoms with van der Waals surface area (Å²) in [4.78, 5) is 16.8. The summed E-state index contributed by atoms with van der Waals surface area (Å²) in [7, 11) is 0. The standard InChI is InChI=1S/C13H14ClN3OS/c1-7(2)10-11(12(18)17-15)19-13(16-10)8-5-3-4-6-9(8)14/h3-7H,15H2,1-2H3,(H,17,18). The second-order valence-corrected chi connectivity index (χ2v) is 5.75. The fourth-order valence-electron chi connectivity index (χ4n) is 1.70. The second-order valence-electron chi connectivity index (χ2n) is 4.34. The molecule has 6 heteroatoms. The third kappa shape index (κ3) is 2.78. The van der Waals surface area contributed by atoms with Crippen molar-refractivity contribution < 1.29 is 4.79 Å². The molecule has 0 aliphatic rings. The van der Waals surface area contributed by atoms with Gasteiger partial charge in [0, 0.05) is 5.56 Å². The van der Waals surface area contributed by atoms with Gasteiger partial charge in [-0.15, -0.1) is 11.3 Å². The van der Waals surface area contributed by atoms with Crippen LogP contribution in [0.25, 0.3) is 10.6 Å². The highest BCUT2D eigenvalue weighted by Crippen LogP contribution is 2.35. The minimum absolute atomic E-state index is 0.139. The van der Waals surface area contributed by atoms with Crippen LogP contribution in [-0.4, -0.2) is 10.9 Å². The number of hydrazine groups is 1. The molecule has 2 rings (SSSR count). The van der Waals surface area contributed by atoms with Crippen molar-refractivity contribution in [3.05, 3.63) is 39.9 Å². The Bertz CT molecular complexity index is 610. The first-order valence-electron chi connectivity index (χ1n) is 5.81. The number of carbonyl (C=O) groups is 1. The van der Waals surface area contributed by atoms with Crippen LogP contribution in [0, 0.1) is 0 Å². The van der Waals surface area contributed by atoms with E-state index in [4.69, 9.17) is 17.4 Å². The highest BCUT2D eigenvalue weighted by Gasteiger charge is 2.21. The summed E-state index contributed by atoms with van der Waals surface area (Å²) in [6, 6.07) is 7.43. The van der Waals surface area contributed by atoms with E-state index in [1.54, 1.807) is 6.07 Å². The lowest BCUT2D eigenvalue weighted by atomic mass is 10.1. The Kier molecular flexibility index (Phi) is 4.19. The zero-order chi connectivity index (χ0) is 14.0. The molecule has 1 heterocycles. The van der Waals surface area contributed by atoms with Gasteiger partial charge in [0.25, 0.3) is 5.91 Å². The Labute approximate surface area is 120 Å². The van der Waals surface area contributed by atoms with Gasteiger partial charge >= 0.3 is 0 Å². The molecule has 0 saturated heterocycles. The van der Waals surface area contributed by atoms with E-state index >= 15 is 0 Å². The molecule has 1 amide bonds. The number of nitrogens with two attached hydrogens (primary N) is 1. The van der Waals surface area contributed by atoms with E-state index in [1.165, 1.54) is 11.3 Å². The number of amides is 1. The molecule has 1 aromatic heterocycles. The predicted molar refractivity (Wildman–Crippen MR) is 78.3 cm³/mol. The van der Waals surface area contributed by atoms with Crippen LogP contribution in [-0.2, 0) is 0 Å². The summed E-state index contributed by atoms with van der Waals surface area (Å²) in [6.07, 6.45) is 0. The van der Waals surface area contributed by atoms with Crippen LogP contribution in [0.2, 0.25) is 5.02 Å². The third-order valence-electron chi connectivity index (χ3n) is 2.64. The molecular weight excluding hydrogens is 282 g/mol. The van der Waals surface area contributed by atoms with E-state index < -0.39 is 0 Å². The van der Waals surface area contributed by atoms with Gasteiger partial charge in [0.05, 0.1) is 10.7 Å². The Morgan fingerprint density at radius 3 is 2.68 bits per heavy atom. The van der Waals surface area contributed by atoms with Crippen molar-refractivity contribution in [3.63, 3.8) is 0 Å². The van der Waals surface area contributed by atoms with Gasteiger partial charge in [-0.3, -0.25) is 10.2 Å². The van der Waals surface area contributed by atoms with Crippen molar-refractivity contribution >= 4 is 28.8 Å². The lowest BCUT2D eigenvalue weighted by molar-refractivity contribution is 0.0956. The molecule has 0 atom stereocenters. The third-order valence-corrected chi connectivity index (χ3v) is 4.07. The zero-order valence-corrected chi connectivity index (χ0v) is 12.2. The maximum atomic E-state index is 11.8. The number of nitrogen functional groups attached to an aromatic ring is 1. The number of nitrogens with one attached hydrogen (secondary N) is 1. The van der Waals surface area contributed by atoms with Crippen LogP contribution in [0.5, 0.6) is 0 Å². The first-order valence-corrected chi connectivity index (χ1v) is 7.00. The Hall–Kier alpha value is -1.43. The molecule has 1 aromatic carbocycles. The van der Waals surface area contributed by atoms with Crippen LogP contribution in [0.4, 0.5) is 0 Å². The maximum Gasteiger partial charge on any atom is 0.277 e. The number of thiazole rings is 1. The molecule has 0 aliphatic carbocycles. The summed E-state index contributed by atoms with van der Waals surface area (Å²) < 4.78 is 0. The first-order chi connectivity index (χ1) is 9.04. The van der Waals surface area contributed by atoms with Gasteiger partial charge in [-0.2, -0.15) is 0 Å². The molecule has 0 radical (unpaired) electrons. The van der Waals surface area contributed by atoms with Crippen LogP contribution in [0.15, 0.2) is 24.3 Å². The van der Waals surface area contributed by atoms with Gasteiger partial charge in [0.1, 0.15) is 9.88 Å². The molecule has 3 N–H and O–H groups in total. The van der Waals surface area contributed by atoms with E-state index in [0.717, 1.165) is 16.3 Å². The quantitative estimate of drug-likeness (QED) is 0.519. The van der Waals surface area contributed by atoms with Gasteiger partial charge in [0.15, 0.2) is 0 Å². The van der Waals surface area contributed by atoms with Crippen molar-refractivity contribution in [1.29, 1.82) is 0 Å². The number of nitrogens with zero attached hydrogens (tertiary/aromatic N) is 1. The number of benzene rings is 1. The molecular formula is C13H14ClN3OS. The van der Waals surface area contributed by atoms with Crippen molar-refractivity contribution in [3.8, 4) is 10.6 Å². The molecule has 0 bridgehead atoms. The smallest absolute Gasteiger partial charge is 0.277 e. The number of hydrogen-bond acceptors (Lipinski definition) is 4. The number of aromatic nitrogens is 1. The fourth-order valence-corrected chi connectivity index (χ4v) is 3.15. The van der Waals surface area contributed by atoms with E-state index in [-0.39, 0.29) is 11.8 Å². The molecule has 19 heavy (non-hydrogen) atoms. The van der Waals surface area contributed by atoms with Crippen molar-refractivity contribution in [2.24, 2.45) is 5.84 Å². The monoisotopic (exact) mass is 295 g/mol. The Balaban J connectivity index is 2.55. The van der Waals surface area contributed by atoms with Crippen molar-refractivity contribution in [2.45, 2.75) is 19.8 Å². The summed E-state index contributed by atoms with van der Waals surface area (Å²) in [6.45, 7) is 3.97. The van der Waals surface area contributed by atoms with E-state index in [2.05, 4.69) is 10.4 Å². The van der Waals surface area contributed by atoms with Crippen LogP contribution >= 0.6 is 22.9 Å². The minimum atomic E-state index is -0.320. The Morgan fingerprint density at radius 1 is 1.42 bits per heavy atom. The normalized spacial score (nSPS) is 10.8. The van der Waals surface area contributed by atoms with E-state index in [1.807, 2.05) is 32.0 Å². The number of halogens is 1. The molecule has 0 saturated carbocycles. The summed E-state index contributed by atoms with van der Waals surface area (Å²) in [5.41, 5.74) is 3.72. The van der Waals surface area contributed by atoms with Gasteiger partial charge in [-0.1, -0.05) is 43.6 Å². The predicted octanol–water partition coefficient (Wildman–Crippen LogP) is 3.19. The molecule has 4 nitrogen and oxygen atoms in total. The lowest BCUT2D eigenvalue weighted by Gasteiger charge is -2.03. The maximum absolute atomic E-state index is 11.8. The zero-order valence-electron chi connectivity index (χ0n) is 10.6. The van der Waals surface area contributed by atoms with Crippen molar-refractivity contribution in [2.75, 3.05) is 0 Å². The number of rotatable bonds is 3. The average molecular weight is 296 g/mol. The van der Waals surface area contributed by atoms with Crippen LogP contribution in [0.3, 0.4) is 0 Å². The number of hydrogen-bond donors (Lipinski definition) is 2. The lowest BCUT2D eigenvalue weighted by Crippen LogP contribution is -2.30. The molecule has 0 spiro atoms. The van der Waals surface area contributed by atoms with E-state index in [9.17, 15) is 4.79 Å². The molecule has 0 unspecified atom stereocenters. The van der Waals surface area contributed by atoms with Gasteiger partial charge in [-0.05, 0) is 12.0 Å². The summed E-state index contributed by atoms with van der Waals surface area (Å²) >= 11 is 7.46.